The van der Waals surface area contributed by atoms with Crippen molar-refractivity contribution in [1.82, 2.24) is 0 Å². The number of fused-ring (bicyclic) bond motifs is 1. The van der Waals surface area contributed by atoms with E-state index in [2.05, 4.69) is 0 Å². The van der Waals surface area contributed by atoms with Gasteiger partial charge in [0.05, 0.1) is 5.69 Å². The summed E-state index contributed by atoms with van der Waals surface area (Å²) < 4.78 is 5.35. The maximum Gasteiger partial charge on any atom is 0.414 e. The van der Waals surface area contributed by atoms with E-state index >= 15 is 0 Å². The average Bonchev–Trinajstić information content (AvgIpc) is 2.89. The zero-order valence-electron chi connectivity index (χ0n) is 11.1. The van der Waals surface area contributed by atoms with Crippen molar-refractivity contribution in [2.75, 3.05) is 17.2 Å². The first kappa shape index (κ1) is 12.5. The highest BCUT2D eigenvalue weighted by atomic mass is 16.6. The largest absolute Gasteiger partial charge is 0.444 e. The number of benzene rings is 2. The van der Waals surface area contributed by atoms with E-state index in [1.165, 1.54) is 0 Å². The zero-order valence-corrected chi connectivity index (χ0v) is 11.1. The van der Waals surface area contributed by atoms with Gasteiger partial charge in [-0.15, -0.1) is 0 Å². The Balaban J connectivity index is 1.68. The van der Waals surface area contributed by atoms with Crippen molar-refractivity contribution in [3.05, 3.63) is 59.7 Å². The van der Waals surface area contributed by atoms with Crippen LogP contribution >= 0.6 is 0 Å². The van der Waals surface area contributed by atoms with Crippen LogP contribution in [0.5, 0.6) is 0 Å². The molecule has 4 nitrogen and oxygen atoms in total. The quantitative estimate of drug-likeness (QED) is 0.852. The van der Waals surface area contributed by atoms with Crippen LogP contribution in [0, 0.1) is 0 Å². The Morgan fingerprint density at radius 2 is 2.00 bits per heavy atom. The van der Waals surface area contributed by atoms with Gasteiger partial charge >= 0.3 is 6.09 Å². The Morgan fingerprint density at radius 3 is 2.80 bits per heavy atom. The predicted octanol–water partition coefficient (Wildman–Crippen LogP) is 2.97. The van der Waals surface area contributed by atoms with Crippen molar-refractivity contribution in [1.29, 1.82) is 0 Å². The van der Waals surface area contributed by atoms with E-state index in [1.807, 2.05) is 48.5 Å². The Labute approximate surface area is 117 Å². The normalized spacial score (nSPS) is 13.1. The smallest absolute Gasteiger partial charge is 0.414 e. The molecule has 20 heavy (non-hydrogen) atoms. The van der Waals surface area contributed by atoms with Gasteiger partial charge in [-0.1, -0.05) is 30.3 Å². The maximum absolute atomic E-state index is 12.1. The minimum Gasteiger partial charge on any atom is -0.444 e. The van der Waals surface area contributed by atoms with Crippen LogP contribution in [0.4, 0.5) is 16.2 Å². The Hall–Kier alpha value is -2.49. The molecule has 4 heteroatoms. The van der Waals surface area contributed by atoms with Gasteiger partial charge in [0.2, 0.25) is 0 Å². The van der Waals surface area contributed by atoms with Gasteiger partial charge in [0.1, 0.15) is 6.61 Å². The summed E-state index contributed by atoms with van der Waals surface area (Å²) in [7, 11) is 0. The van der Waals surface area contributed by atoms with E-state index in [0.717, 1.165) is 28.9 Å². The molecule has 1 aliphatic heterocycles. The van der Waals surface area contributed by atoms with E-state index in [0.29, 0.717) is 13.2 Å². The van der Waals surface area contributed by atoms with Crippen LogP contribution in [0.25, 0.3) is 0 Å². The number of nitrogens with two attached hydrogens (primary N) is 1. The van der Waals surface area contributed by atoms with Crippen molar-refractivity contribution in [2.24, 2.45) is 0 Å². The molecule has 0 aliphatic carbocycles. The molecule has 3 rings (SSSR count). The molecule has 1 heterocycles. The molecule has 2 aromatic carbocycles. The van der Waals surface area contributed by atoms with Crippen molar-refractivity contribution >= 4 is 17.5 Å². The molecular weight excluding hydrogens is 252 g/mol. The van der Waals surface area contributed by atoms with Gasteiger partial charge in [0.25, 0.3) is 0 Å². The second-order valence-electron chi connectivity index (χ2n) is 4.83. The molecule has 0 atom stereocenters. The summed E-state index contributed by atoms with van der Waals surface area (Å²) in [5.41, 5.74) is 9.46. The van der Waals surface area contributed by atoms with Gasteiger partial charge in [-0.2, -0.15) is 0 Å². The van der Waals surface area contributed by atoms with Crippen LogP contribution in [-0.2, 0) is 17.8 Å². The molecule has 2 N–H and O–H groups in total. The fraction of sp³-hybridized carbons (Fsp3) is 0.188. The Morgan fingerprint density at radius 1 is 1.20 bits per heavy atom. The first-order valence-corrected chi connectivity index (χ1v) is 6.60. The summed E-state index contributed by atoms with van der Waals surface area (Å²) in [6.07, 6.45) is 0.512. The van der Waals surface area contributed by atoms with Crippen molar-refractivity contribution in [3.8, 4) is 0 Å². The zero-order chi connectivity index (χ0) is 13.9. The third kappa shape index (κ3) is 2.45. The third-order valence-corrected chi connectivity index (χ3v) is 3.42. The fourth-order valence-electron chi connectivity index (χ4n) is 2.41. The Bertz CT molecular complexity index is 626. The summed E-state index contributed by atoms with van der Waals surface area (Å²) in [6, 6.07) is 15.3. The van der Waals surface area contributed by atoms with Crippen LogP contribution < -0.4 is 10.6 Å². The summed E-state index contributed by atoms with van der Waals surface area (Å²) in [5, 5.41) is 0. The van der Waals surface area contributed by atoms with Crippen LogP contribution in [-0.4, -0.2) is 12.6 Å². The predicted molar refractivity (Wildman–Crippen MR) is 78.5 cm³/mol. The molecule has 0 bridgehead atoms. The van der Waals surface area contributed by atoms with Crippen molar-refractivity contribution in [2.45, 2.75) is 13.0 Å². The highest BCUT2D eigenvalue weighted by Crippen LogP contribution is 2.30. The van der Waals surface area contributed by atoms with Gasteiger partial charge in [-0.3, -0.25) is 4.90 Å². The van der Waals surface area contributed by atoms with Gasteiger partial charge in [-0.25, -0.2) is 4.79 Å². The van der Waals surface area contributed by atoms with Crippen molar-refractivity contribution in [3.63, 3.8) is 0 Å². The first-order valence-electron chi connectivity index (χ1n) is 6.60. The minimum atomic E-state index is -0.308. The number of nitrogen functional groups attached to an aromatic ring is 1. The second-order valence-corrected chi connectivity index (χ2v) is 4.83. The molecule has 102 valence electrons. The lowest BCUT2D eigenvalue weighted by Gasteiger charge is -2.17. The lowest BCUT2D eigenvalue weighted by Crippen LogP contribution is -2.29. The van der Waals surface area contributed by atoms with Gasteiger partial charge in [-0.05, 0) is 35.7 Å². The maximum atomic E-state index is 12.1. The SMILES string of the molecule is Nc1ccc2c(c1)CCN2C(=O)OCc1ccccc1. The lowest BCUT2D eigenvalue weighted by atomic mass is 10.1. The topological polar surface area (TPSA) is 55.6 Å². The van der Waals surface area contributed by atoms with E-state index in [4.69, 9.17) is 10.5 Å². The van der Waals surface area contributed by atoms with Crippen LogP contribution in [0.15, 0.2) is 48.5 Å². The molecule has 0 saturated carbocycles. The first-order chi connectivity index (χ1) is 9.74. The molecule has 0 aromatic heterocycles. The molecule has 0 unspecified atom stereocenters. The highest BCUT2D eigenvalue weighted by Gasteiger charge is 2.25. The van der Waals surface area contributed by atoms with Crippen LogP contribution in [0.2, 0.25) is 0 Å². The number of carbonyl (C=O) groups is 1. The number of nitrogens with zero attached hydrogens (tertiary/aromatic N) is 1. The third-order valence-electron chi connectivity index (χ3n) is 3.42. The number of anilines is 2. The van der Waals surface area contributed by atoms with Crippen LogP contribution in [0.1, 0.15) is 11.1 Å². The molecule has 2 aromatic rings. The summed E-state index contributed by atoms with van der Waals surface area (Å²) in [5.74, 6) is 0. The van der Waals surface area contributed by atoms with E-state index in [1.54, 1.807) is 4.90 Å². The molecule has 0 radical (unpaired) electrons. The monoisotopic (exact) mass is 268 g/mol. The lowest BCUT2D eigenvalue weighted by molar-refractivity contribution is 0.147. The van der Waals surface area contributed by atoms with Gasteiger partial charge < -0.3 is 10.5 Å². The number of ether oxygens (including phenoxy) is 1. The Kier molecular flexibility index (Phi) is 3.29. The molecule has 0 fully saturated rings. The number of amides is 1. The minimum absolute atomic E-state index is 0.292. The number of carbonyl (C=O) groups excluding carboxylic acids is 1. The van der Waals surface area contributed by atoms with Gasteiger partial charge in [0, 0.05) is 12.2 Å². The number of hydrogen-bond donors (Lipinski definition) is 1. The van der Waals surface area contributed by atoms with E-state index in [9.17, 15) is 4.79 Å². The number of hydrogen-bond acceptors (Lipinski definition) is 3. The highest BCUT2D eigenvalue weighted by molar-refractivity contribution is 5.90. The van der Waals surface area contributed by atoms with Crippen molar-refractivity contribution < 1.29 is 9.53 Å². The standard InChI is InChI=1S/C16H16N2O2/c17-14-6-7-15-13(10-14)8-9-18(15)16(19)20-11-12-4-2-1-3-5-12/h1-7,10H,8-9,11,17H2. The summed E-state index contributed by atoms with van der Waals surface area (Å²) in [4.78, 5) is 13.8. The van der Waals surface area contributed by atoms with Crippen LogP contribution in [0.3, 0.4) is 0 Å². The summed E-state index contributed by atoms with van der Waals surface area (Å²) >= 11 is 0. The molecular formula is C16H16N2O2. The molecule has 1 aliphatic rings. The van der Waals surface area contributed by atoms with E-state index in [-0.39, 0.29) is 6.09 Å². The molecule has 0 spiro atoms. The molecule has 1 amide bonds. The second kappa shape index (κ2) is 5.25. The van der Waals surface area contributed by atoms with Gasteiger partial charge in [0.15, 0.2) is 0 Å². The average molecular weight is 268 g/mol. The molecule has 0 saturated heterocycles. The fourth-order valence-corrected chi connectivity index (χ4v) is 2.41. The van der Waals surface area contributed by atoms with E-state index < -0.39 is 0 Å². The number of rotatable bonds is 2. The summed E-state index contributed by atoms with van der Waals surface area (Å²) in [6.45, 7) is 0.937.